The molecule has 1 saturated heterocycles. The van der Waals surface area contributed by atoms with E-state index in [9.17, 15) is 0 Å². The summed E-state index contributed by atoms with van der Waals surface area (Å²) in [5.74, 6) is 1.12. The van der Waals surface area contributed by atoms with Gasteiger partial charge in [0, 0.05) is 51.2 Å². The largest absolute Gasteiger partial charge is 0.355 e. The number of thiophene rings is 1. The summed E-state index contributed by atoms with van der Waals surface area (Å²) in [4.78, 5) is 11.2. The van der Waals surface area contributed by atoms with Crippen LogP contribution in [0.2, 0.25) is 0 Å². The summed E-state index contributed by atoms with van der Waals surface area (Å²) >= 11 is 1.92. The van der Waals surface area contributed by atoms with Gasteiger partial charge in [-0.05, 0) is 48.1 Å². The minimum Gasteiger partial charge on any atom is -0.355 e. The van der Waals surface area contributed by atoms with Crippen LogP contribution >= 0.6 is 35.3 Å². The molecule has 1 N–H and O–H groups in total. The van der Waals surface area contributed by atoms with Crippen LogP contribution in [0, 0.1) is 5.41 Å². The maximum atomic E-state index is 4.55. The SMILES string of the molecule is CN=C(NCCN1CCc2sccc2C1)N1CCC2(CCCC2)C1.I. The number of likely N-dealkylation sites (tertiary alicyclic amines) is 1. The molecule has 1 aromatic heterocycles. The average molecular weight is 474 g/mol. The van der Waals surface area contributed by atoms with Crippen molar-refractivity contribution in [1.82, 2.24) is 15.1 Å². The van der Waals surface area contributed by atoms with Gasteiger partial charge in [-0.3, -0.25) is 9.89 Å². The number of guanidine groups is 1. The van der Waals surface area contributed by atoms with Crippen LogP contribution in [0.5, 0.6) is 0 Å². The van der Waals surface area contributed by atoms with Crippen LogP contribution < -0.4 is 5.32 Å². The van der Waals surface area contributed by atoms with Gasteiger partial charge in [0.05, 0.1) is 0 Å². The zero-order chi connectivity index (χ0) is 16.4. The maximum absolute atomic E-state index is 4.55. The topological polar surface area (TPSA) is 30.9 Å². The third-order valence-corrected chi connectivity index (χ3v) is 7.23. The lowest BCUT2D eigenvalue weighted by Crippen LogP contribution is -2.44. The first-order valence-electron chi connectivity index (χ1n) is 9.51. The van der Waals surface area contributed by atoms with Gasteiger partial charge in [-0.2, -0.15) is 0 Å². The molecule has 1 aliphatic carbocycles. The van der Waals surface area contributed by atoms with Crippen molar-refractivity contribution >= 4 is 41.3 Å². The molecule has 6 heteroatoms. The number of aliphatic imine (C=N–C) groups is 1. The molecule has 1 saturated carbocycles. The first-order valence-corrected chi connectivity index (χ1v) is 10.4. The summed E-state index contributed by atoms with van der Waals surface area (Å²) < 4.78 is 0. The summed E-state index contributed by atoms with van der Waals surface area (Å²) in [7, 11) is 1.93. The van der Waals surface area contributed by atoms with Gasteiger partial charge in [-0.15, -0.1) is 35.3 Å². The van der Waals surface area contributed by atoms with E-state index in [1.54, 1.807) is 10.4 Å². The van der Waals surface area contributed by atoms with Gasteiger partial charge in [0.15, 0.2) is 5.96 Å². The van der Waals surface area contributed by atoms with Gasteiger partial charge in [0.25, 0.3) is 0 Å². The average Bonchev–Trinajstić information content (AvgIpc) is 3.33. The highest BCUT2D eigenvalue weighted by molar-refractivity contribution is 14.0. The molecule has 0 radical (unpaired) electrons. The van der Waals surface area contributed by atoms with Crippen LogP contribution in [-0.2, 0) is 13.0 Å². The van der Waals surface area contributed by atoms with E-state index < -0.39 is 0 Å². The number of fused-ring (bicyclic) bond motifs is 1. The number of nitrogens with zero attached hydrogens (tertiary/aromatic N) is 3. The molecule has 0 bridgehead atoms. The van der Waals surface area contributed by atoms with Crippen molar-refractivity contribution in [1.29, 1.82) is 0 Å². The Bertz CT molecular complexity index is 594. The Kier molecular flexibility index (Phi) is 6.65. The summed E-state index contributed by atoms with van der Waals surface area (Å²) in [5, 5.41) is 5.86. The molecule has 1 aromatic rings. The Labute approximate surface area is 173 Å². The predicted octanol–water partition coefficient (Wildman–Crippen LogP) is 3.57. The second-order valence-electron chi connectivity index (χ2n) is 7.75. The molecular formula is C19H31IN4S. The van der Waals surface area contributed by atoms with Crippen LogP contribution in [0.1, 0.15) is 42.5 Å². The molecule has 25 heavy (non-hydrogen) atoms. The fraction of sp³-hybridized carbons (Fsp3) is 0.737. The normalized spacial score (nSPS) is 22.9. The first kappa shape index (κ1) is 19.4. The van der Waals surface area contributed by atoms with E-state index in [-0.39, 0.29) is 24.0 Å². The molecular weight excluding hydrogens is 443 g/mol. The highest BCUT2D eigenvalue weighted by atomic mass is 127. The highest BCUT2D eigenvalue weighted by Crippen LogP contribution is 2.45. The van der Waals surface area contributed by atoms with Crippen LogP contribution in [0.15, 0.2) is 16.4 Å². The third kappa shape index (κ3) is 4.33. The van der Waals surface area contributed by atoms with E-state index in [0.29, 0.717) is 5.41 Å². The molecule has 3 heterocycles. The number of hydrogen-bond acceptors (Lipinski definition) is 3. The molecule has 4 nitrogen and oxygen atoms in total. The fourth-order valence-electron chi connectivity index (χ4n) is 4.80. The van der Waals surface area contributed by atoms with E-state index >= 15 is 0 Å². The van der Waals surface area contributed by atoms with E-state index in [2.05, 4.69) is 31.6 Å². The van der Waals surface area contributed by atoms with Crippen molar-refractivity contribution in [3.8, 4) is 0 Å². The monoisotopic (exact) mass is 474 g/mol. The molecule has 0 aromatic carbocycles. The Morgan fingerprint density at radius 3 is 2.92 bits per heavy atom. The Morgan fingerprint density at radius 1 is 1.28 bits per heavy atom. The van der Waals surface area contributed by atoms with E-state index in [1.165, 1.54) is 58.2 Å². The van der Waals surface area contributed by atoms with Gasteiger partial charge in [0.2, 0.25) is 0 Å². The highest BCUT2D eigenvalue weighted by Gasteiger charge is 2.41. The molecule has 1 spiro atoms. The molecule has 3 aliphatic rings. The van der Waals surface area contributed by atoms with Crippen molar-refractivity contribution in [3.63, 3.8) is 0 Å². The van der Waals surface area contributed by atoms with Crippen LogP contribution in [0.4, 0.5) is 0 Å². The Balaban J connectivity index is 0.00000182. The molecule has 0 atom stereocenters. The van der Waals surface area contributed by atoms with Gasteiger partial charge < -0.3 is 10.2 Å². The van der Waals surface area contributed by atoms with E-state index in [0.717, 1.165) is 25.6 Å². The summed E-state index contributed by atoms with van der Waals surface area (Å²) in [6, 6.07) is 2.30. The zero-order valence-corrected chi connectivity index (χ0v) is 18.4. The van der Waals surface area contributed by atoms with E-state index in [1.807, 2.05) is 18.4 Å². The van der Waals surface area contributed by atoms with Crippen LogP contribution in [0.25, 0.3) is 0 Å². The molecule has 2 aliphatic heterocycles. The summed E-state index contributed by atoms with van der Waals surface area (Å²) in [6.45, 7) is 6.81. The lowest BCUT2D eigenvalue weighted by Gasteiger charge is -2.29. The fourth-order valence-corrected chi connectivity index (χ4v) is 5.69. The van der Waals surface area contributed by atoms with Gasteiger partial charge >= 0.3 is 0 Å². The Hall–Kier alpha value is -0.340. The van der Waals surface area contributed by atoms with Crippen molar-refractivity contribution in [2.75, 3.05) is 39.8 Å². The summed E-state index contributed by atoms with van der Waals surface area (Å²) in [5.41, 5.74) is 2.15. The molecule has 0 unspecified atom stereocenters. The first-order chi connectivity index (χ1) is 11.8. The zero-order valence-electron chi connectivity index (χ0n) is 15.3. The number of nitrogens with one attached hydrogen (secondary N) is 1. The van der Waals surface area contributed by atoms with Crippen molar-refractivity contribution in [2.45, 2.75) is 45.1 Å². The summed E-state index contributed by atoms with van der Waals surface area (Å²) in [6.07, 6.45) is 8.30. The Morgan fingerprint density at radius 2 is 2.12 bits per heavy atom. The smallest absolute Gasteiger partial charge is 0.193 e. The third-order valence-electron chi connectivity index (χ3n) is 6.21. The predicted molar refractivity (Wildman–Crippen MR) is 117 cm³/mol. The van der Waals surface area contributed by atoms with Crippen LogP contribution in [0.3, 0.4) is 0 Å². The van der Waals surface area contributed by atoms with Crippen molar-refractivity contribution < 1.29 is 0 Å². The number of hydrogen-bond donors (Lipinski definition) is 1. The second-order valence-corrected chi connectivity index (χ2v) is 8.75. The molecule has 2 fully saturated rings. The van der Waals surface area contributed by atoms with Gasteiger partial charge in [-0.1, -0.05) is 12.8 Å². The quantitative estimate of drug-likeness (QED) is 0.413. The molecule has 0 amide bonds. The number of halogens is 1. The van der Waals surface area contributed by atoms with Gasteiger partial charge in [0.1, 0.15) is 0 Å². The van der Waals surface area contributed by atoms with Crippen molar-refractivity contribution in [3.05, 3.63) is 21.9 Å². The molecule has 140 valence electrons. The minimum absolute atomic E-state index is 0. The second kappa shape index (κ2) is 8.57. The minimum atomic E-state index is 0. The lowest BCUT2D eigenvalue weighted by atomic mass is 9.86. The van der Waals surface area contributed by atoms with Gasteiger partial charge in [-0.25, -0.2) is 0 Å². The van der Waals surface area contributed by atoms with E-state index in [4.69, 9.17) is 0 Å². The lowest BCUT2D eigenvalue weighted by molar-refractivity contribution is 0.258. The van der Waals surface area contributed by atoms with Crippen LogP contribution in [-0.4, -0.2) is 55.5 Å². The standard InChI is InChI=1S/C19H30N4S.HI/c1-20-18(23-11-8-19(15-23)6-2-3-7-19)21-9-12-22-10-4-17-16(14-22)5-13-24-17;/h5,13H,2-4,6-12,14-15H2,1H3,(H,20,21);1H. The van der Waals surface area contributed by atoms with Crippen molar-refractivity contribution in [2.24, 2.45) is 10.4 Å². The number of rotatable bonds is 3. The maximum Gasteiger partial charge on any atom is 0.193 e. The molecule has 4 rings (SSSR count).